The summed E-state index contributed by atoms with van der Waals surface area (Å²) in [5.74, 6) is 1.53. The zero-order valence-electron chi connectivity index (χ0n) is 14.2. The van der Waals surface area contributed by atoms with E-state index >= 15 is 0 Å². The van der Waals surface area contributed by atoms with Crippen LogP contribution in [0, 0.1) is 11.8 Å². The minimum absolute atomic E-state index is 0.433. The van der Waals surface area contributed by atoms with Gasteiger partial charge in [-0.2, -0.15) is 0 Å². The first kappa shape index (κ1) is 17.2. The van der Waals surface area contributed by atoms with Gasteiger partial charge < -0.3 is 5.32 Å². The second-order valence-electron chi connectivity index (χ2n) is 6.88. The zero-order chi connectivity index (χ0) is 15.1. The summed E-state index contributed by atoms with van der Waals surface area (Å²) in [5, 5.41) is 3.72. The Kier molecular flexibility index (Phi) is 7.29. The lowest BCUT2D eigenvalue weighted by Gasteiger charge is -2.23. The van der Waals surface area contributed by atoms with Crippen LogP contribution in [0.5, 0.6) is 0 Å². The third-order valence-corrected chi connectivity index (χ3v) is 4.11. The van der Waals surface area contributed by atoms with Crippen LogP contribution in [0.3, 0.4) is 0 Å². The normalized spacial score (nSPS) is 16.1. The first-order valence-electron chi connectivity index (χ1n) is 8.27. The first-order valence-corrected chi connectivity index (χ1v) is 8.27. The number of nitrogens with one attached hydrogen (secondary N) is 1. The third-order valence-electron chi connectivity index (χ3n) is 4.11. The molecular weight excluding hydrogens is 242 g/mol. The number of rotatable bonds is 8. The highest BCUT2D eigenvalue weighted by Gasteiger charge is 2.11. The second kappa shape index (κ2) is 8.46. The molecule has 3 unspecified atom stereocenters. The molecule has 0 saturated heterocycles. The van der Waals surface area contributed by atoms with Crippen molar-refractivity contribution < 1.29 is 0 Å². The molecule has 20 heavy (non-hydrogen) atoms. The lowest BCUT2D eigenvalue weighted by Crippen LogP contribution is -2.30. The van der Waals surface area contributed by atoms with Crippen LogP contribution < -0.4 is 5.32 Å². The largest absolute Gasteiger partial charge is 0.308 e. The molecule has 1 heteroatoms. The van der Waals surface area contributed by atoms with Crippen molar-refractivity contribution in [3.8, 4) is 0 Å². The average Bonchev–Trinajstić information content (AvgIpc) is 2.38. The van der Waals surface area contributed by atoms with Crippen molar-refractivity contribution in [2.24, 2.45) is 11.8 Å². The van der Waals surface area contributed by atoms with E-state index in [1.54, 1.807) is 0 Å². The Hall–Kier alpha value is -0.820. The fourth-order valence-corrected chi connectivity index (χ4v) is 2.78. The Balaban J connectivity index is 2.52. The van der Waals surface area contributed by atoms with Gasteiger partial charge in [-0.25, -0.2) is 0 Å². The maximum atomic E-state index is 3.72. The van der Waals surface area contributed by atoms with Crippen LogP contribution in [-0.4, -0.2) is 6.04 Å². The van der Waals surface area contributed by atoms with E-state index in [0.717, 1.165) is 11.8 Å². The predicted octanol–water partition coefficient (Wildman–Crippen LogP) is 5.36. The van der Waals surface area contributed by atoms with Crippen molar-refractivity contribution in [3.05, 3.63) is 35.4 Å². The van der Waals surface area contributed by atoms with Gasteiger partial charge in [0.15, 0.2) is 0 Å². The van der Waals surface area contributed by atoms with E-state index in [0.29, 0.717) is 12.1 Å². The van der Waals surface area contributed by atoms with Crippen molar-refractivity contribution in [2.45, 2.75) is 72.9 Å². The fourth-order valence-electron chi connectivity index (χ4n) is 2.78. The Morgan fingerprint density at radius 3 is 2.05 bits per heavy atom. The Morgan fingerprint density at radius 2 is 1.55 bits per heavy atom. The van der Waals surface area contributed by atoms with Crippen molar-refractivity contribution in [3.63, 3.8) is 0 Å². The lowest BCUT2D eigenvalue weighted by molar-refractivity contribution is 0.385. The van der Waals surface area contributed by atoms with Crippen LogP contribution in [0.2, 0.25) is 0 Å². The van der Waals surface area contributed by atoms with E-state index in [2.05, 4.69) is 71.1 Å². The molecular formula is C19H33N. The van der Waals surface area contributed by atoms with Crippen molar-refractivity contribution >= 4 is 0 Å². The van der Waals surface area contributed by atoms with Crippen molar-refractivity contribution in [1.82, 2.24) is 5.32 Å². The summed E-state index contributed by atoms with van der Waals surface area (Å²) in [6.07, 6.45) is 3.70. The van der Waals surface area contributed by atoms with E-state index < -0.39 is 0 Å². The molecule has 0 aliphatic heterocycles. The van der Waals surface area contributed by atoms with Crippen LogP contribution in [0.1, 0.15) is 71.6 Å². The molecule has 0 amide bonds. The van der Waals surface area contributed by atoms with Gasteiger partial charge in [0.25, 0.3) is 0 Å². The van der Waals surface area contributed by atoms with Gasteiger partial charge in [0.05, 0.1) is 0 Å². The smallest absolute Gasteiger partial charge is 0.0294 e. The van der Waals surface area contributed by atoms with Gasteiger partial charge in [0, 0.05) is 12.1 Å². The molecule has 0 heterocycles. The number of hydrogen-bond acceptors (Lipinski definition) is 1. The minimum Gasteiger partial charge on any atom is -0.308 e. The highest BCUT2D eigenvalue weighted by molar-refractivity contribution is 5.25. The van der Waals surface area contributed by atoms with E-state index in [1.165, 1.54) is 30.4 Å². The van der Waals surface area contributed by atoms with Crippen LogP contribution in [0.15, 0.2) is 24.3 Å². The van der Waals surface area contributed by atoms with Gasteiger partial charge in [-0.15, -0.1) is 0 Å². The Bertz CT molecular complexity index is 366. The Morgan fingerprint density at radius 1 is 0.950 bits per heavy atom. The van der Waals surface area contributed by atoms with Crippen molar-refractivity contribution in [2.75, 3.05) is 0 Å². The Labute approximate surface area is 126 Å². The molecule has 1 nitrogen and oxygen atoms in total. The lowest BCUT2D eigenvalue weighted by atomic mass is 9.97. The molecule has 0 radical (unpaired) electrons. The van der Waals surface area contributed by atoms with Crippen LogP contribution in [-0.2, 0) is 6.42 Å². The third kappa shape index (κ3) is 6.09. The minimum atomic E-state index is 0.433. The quantitative estimate of drug-likeness (QED) is 0.673. The summed E-state index contributed by atoms with van der Waals surface area (Å²) >= 11 is 0. The molecule has 1 rings (SSSR count). The highest BCUT2D eigenvalue weighted by atomic mass is 14.9. The van der Waals surface area contributed by atoms with Crippen LogP contribution in [0.25, 0.3) is 0 Å². The van der Waals surface area contributed by atoms with Gasteiger partial charge in [-0.3, -0.25) is 0 Å². The average molecular weight is 275 g/mol. The summed E-state index contributed by atoms with van der Waals surface area (Å²) in [6.45, 7) is 13.7. The summed E-state index contributed by atoms with van der Waals surface area (Å²) in [5.41, 5.74) is 2.84. The number of hydrogen-bond donors (Lipinski definition) is 1. The first-order chi connectivity index (χ1) is 9.42. The molecule has 0 aliphatic rings. The molecule has 0 aliphatic carbocycles. The zero-order valence-corrected chi connectivity index (χ0v) is 14.2. The van der Waals surface area contributed by atoms with E-state index in [1.807, 2.05) is 0 Å². The van der Waals surface area contributed by atoms with Gasteiger partial charge in [0.1, 0.15) is 0 Å². The predicted molar refractivity (Wildman–Crippen MR) is 90.1 cm³/mol. The standard InChI is InChI=1S/C19H33N/c1-7-15(4)13-16(5)20-17(6)19-10-8-18(9-11-19)12-14(2)3/h8-11,14-17,20H,7,12-13H2,1-6H3. The summed E-state index contributed by atoms with van der Waals surface area (Å²) in [6, 6.07) is 10.1. The van der Waals surface area contributed by atoms with Crippen LogP contribution in [0.4, 0.5) is 0 Å². The molecule has 0 saturated carbocycles. The molecule has 0 aromatic heterocycles. The van der Waals surface area contributed by atoms with Gasteiger partial charge >= 0.3 is 0 Å². The maximum Gasteiger partial charge on any atom is 0.0294 e. The maximum absolute atomic E-state index is 3.72. The van der Waals surface area contributed by atoms with Gasteiger partial charge in [-0.05, 0) is 49.7 Å². The van der Waals surface area contributed by atoms with Crippen LogP contribution >= 0.6 is 0 Å². The van der Waals surface area contributed by atoms with E-state index in [4.69, 9.17) is 0 Å². The van der Waals surface area contributed by atoms with Gasteiger partial charge in [-0.1, -0.05) is 58.4 Å². The molecule has 0 fully saturated rings. The topological polar surface area (TPSA) is 12.0 Å². The monoisotopic (exact) mass is 275 g/mol. The van der Waals surface area contributed by atoms with Crippen molar-refractivity contribution in [1.29, 1.82) is 0 Å². The molecule has 1 aromatic rings. The molecule has 0 spiro atoms. The molecule has 1 N–H and O–H groups in total. The second-order valence-corrected chi connectivity index (χ2v) is 6.88. The molecule has 0 bridgehead atoms. The van der Waals surface area contributed by atoms with Gasteiger partial charge in [0.2, 0.25) is 0 Å². The summed E-state index contributed by atoms with van der Waals surface area (Å²) < 4.78 is 0. The highest BCUT2D eigenvalue weighted by Crippen LogP contribution is 2.18. The van der Waals surface area contributed by atoms with E-state index in [9.17, 15) is 0 Å². The molecule has 1 aromatic carbocycles. The summed E-state index contributed by atoms with van der Waals surface area (Å²) in [7, 11) is 0. The summed E-state index contributed by atoms with van der Waals surface area (Å²) in [4.78, 5) is 0. The fraction of sp³-hybridized carbons (Fsp3) is 0.684. The SMILES string of the molecule is CCC(C)CC(C)NC(C)c1ccc(CC(C)C)cc1. The molecule has 3 atom stereocenters. The van der Waals surface area contributed by atoms with E-state index in [-0.39, 0.29) is 0 Å². The molecule has 114 valence electrons. The number of benzene rings is 1.